The number of ether oxygens (including phenoxy) is 1. The fourth-order valence-electron chi connectivity index (χ4n) is 4.65. The van der Waals surface area contributed by atoms with Gasteiger partial charge in [-0.25, -0.2) is 0 Å². The standard InChI is InChI=1S/C15H27NO/c1-12-9-13(2,3)11-15(10-12)16-8-7-14(17-15)5-4-6-14/h12,16H,4-11H2,1-3H3. The van der Waals surface area contributed by atoms with E-state index >= 15 is 0 Å². The summed E-state index contributed by atoms with van der Waals surface area (Å²) in [4.78, 5) is 0. The van der Waals surface area contributed by atoms with Gasteiger partial charge < -0.3 is 4.74 Å². The van der Waals surface area contributed by atoms with Crippen LogP contribution in [0.5, 0.6) is 0 Å². The lowest BCUT2D eigenvalue weighted by molar-refractivity contribution is -0.256. The van der Waals surface area contributed by atoms with Gasteiger partial charge >= 0.3 is 0 Å². The van der Waals surface area contributed by atoms with Gasteiger partial charge in [-0.2, -0.15) is 0 Å². The van der Waals surface area contributed by atoms with Gasteiger partial charge in [0, 0.05) is 6.54 Å². The first-order chi connectivity index (χ1) is 7.93. The number of hydrogen-bond acceptors (Lipinski definition) is 2. The molecule has 1 heterocycles. The first kappa shape index (κ1) is 12.0. The molecule has 98 valence electrons. The van der Waals surface area contributed by atoms with Crippen molar-refractivity contribution in [1.29, 1.82) is 0 Å². The Balaban J connectivity index is 1.79. The Morgan fingerprint density at radius 1 is 1.12 bits per heavy atom. The third-order valence-corrected chi connectivity index (χ3v) is 5.05. The molecule has 0 radical (unpaired) electrons. The minimum atomic E-state index is -0.000162. The highest BCUT2D eigenvalue weighted by Gasteiger charge is 2.52. The Morgan fingerprint density at radius 2 is 1.88 bits per heavy atom. The van der Waals surface area contributed by atoms with Crippen molar-refractivity contribution < 1.29 is 4.74 Å². The molecule has 2 saturated carbocycles. The monoisotopic (exact) mass is 237 g/mol. The molecular weight excluding hydrogens is 210 g/mol. The predicted octanol–water partition coefficient (Wildman–Crippen LogP) is 3.46. The maximum absolute atomic E-state index is 6.63. The summed E-state index contributed by atoms with van der Waals surface area (Å²) in [6.45, 7) is 8.34. The van der Waals surface area contributed by atoms with E-state index in [0.29, 0.717) is 5.41 Å². The van der Waals surface area contributed by atoms with Gasteiger partial charge in [0.2, 0.25) is 0 Å². The van der Waals surface area contributed by atoms with Crippen molar-refractivity contribution in [2.45, 2.75) is 77.0 Å². The van der Waals surface area contributed by atoms with Gasteiger partial charge in [-0.05, 0) is 56.3 Å². The van der Waals surface area contributed by atoms with Crippen LogP contribution in [0.25, 0.3) is 0 Å². The van der Waals surface area contributed by atoms with Crippen LogP contribution in [0.1, 0.15) is 65.7 Å². The molecule has 0 bridgehead atoms. The van der Waals surface area contributed by atoms with Gasteiger partial charge in [-0.1, -0.05) is 20.8 Å². The molecule has 3 rings (SSSR count). The van der Waals surface area contributed by atoms with E-state index in [-0.39, 0.29) is 11.3 Å². The van der Waals surface area contributed by atoms with Crippen LogP contribution < -0.4 is 5.32 Å². The van der Waals surface area contributed by atoms with Crippen molar-refractivity contribution >= 4 is 0 Å². The van der Waals surface area contributed by atoms with Crippen LogP contribution in [0.15, 0.2) is 0 Å². The van der Waals surface area contributed by atoms with Crippen molar-refractivity contribution in [1.82, 2.24) is 5.32 Å². The summed E-state index contributed by atoms with van der Waals surface area (Å²) in [5.41, 5.74) is 0.686. The van der Waals surface area contributed by atoms with Gasteiger partial charge in [0.15, 0.2) is 0 Å². The van der Waals surface area contributed by atoms with E-state index < -0.39 is 0 Å². The smallest absolute Gasteiger partial charge is 0.120 e. The van der Waals surface area contributed by atoms with Crippen molar-refractivity contribution in [2.75, 3.05) is 6.54 Å². The molecule has 3 aliphatic rings. The fraction of sp³-hybridized carbons (Fsp3) is 1.00. The van der Waals surface area contributed by atoms with Crippen LogP contribution in [0.2, 0.25) is 0 Å². The first-order valence-corrected chi connectivity index (χ1v) is 7.38. The summed E-state index contributed by atoms with van der Waals surface area (Å²) in [5.74, 6) is 0.779. The highest BCUT2D eigenvalue weighted by Crippen LogP contribution is 2.51. The second-order valence-corrected chi connectivity index (χ2v) is 7.66. The Kier molecular flexibility index (Phi) is 2.61. The second-order valence-electron chi connectivity index (χ2n) is 7.66. The molecular formula is C15H27NO. The Morgan fingerprint density at radius 3 is 2.47 bits per heavy atom. The molecule has 2 unspecified atom stereocenters. The summed E-state index contributed by atoms with van der Waals surface area (Å²) in [6, 6.07) is 0. The third kappa shape index (κ3) is 2.15. The molecule has 0 aromatic heterocycles. The lowest BCUT2D eigenvalue weighted by Crippen LogP contribution is -2.64. The van der Waals surface area contributed by atoms with Gasteiger partial charge in [0.25, 0.3) is 0 Å². The highest BCUT2D eigenvalue weighted by atomic mass is 16.5. The average Bonchev–Trinajstić information content (AvgIpc) is 2.11. The average molecular weight is 237 g/mol. The molecule has 2 atom stereocenters. The van der Waals surface area contributed by atoms with E-state index in [2.05, 4.69) is 26.1 Å². The van der Waals surface area contributed by atoms with Crippen molar-refractivity contribution in [3.8, 4) is 0 Å². The third-order valence-electron chi connectivity index (χ3n) is 5.05. The maximum Gasteiger partial charge on any atom is 0.120 e. The first-order valence-electron chi connectivity index (χ1n) is 7.38. The van der Waals surface area contributed by atoms with Crippen LogP contribution in [-0.4, -0.2) is 17.9 Å². The highest BCUT2D eigenvalue weighted by molar-refractivity contribution is 5.02. The van der Waals surface area contributed by atoms with E-state index in [0.717, 1.165) is 12.5 Å². The van der Waals surface area contributed by atoms with E-state index in [1.165, 1.54) is 44.9 Å². The molecule has 1 aliphatic heterocycles. The number of rotatable bonds is 0. The Bertz CT molecular complexity index is 308. The lowest BCUT2D eigenvalue weighted by atomic mass is 9.67. The molecule has 0 aromatic carbocycles. The zero-order chi connectivity index (χ0) is 12.1. The van der Waals surface area contributed by atoms with Crippen molar-refractivity contribution in [2.24, 2.45) is 11.3 Å². The predicted molar refractivity (Wildman–Crippen MR) is 69.8 cm³/mol. The van der Waals surface area contributed by atoms with Crippen LogP contribution in [-0.2, 0) is 4.74 Å². The largest absolute Gasteiger partial charge is 0.354 e. The van der Waals surface area contributed by atoms with E-state index in [4.69, 9.17) is 4.74 Å². The summed E-state index contributed by atoms with van der Waals surface area (Å²) < 4.78 is 6.63. The van der Waals surface area contributed by atoms with Gasteiger partial charge in [0.05, 0.1) is 5.60 Å². The minimum Gasteiger partial charge on any atom is -0.354 e. The van der Waals surface area contributed by atoms with Crippen molar-refractivity contribution in [3.63, 3.8) is 0 Å². The quantitative estimate of drug-likeness (QED) is 0.696. The van der Waals surface area contributed by atoms with Gasteiger partial charge in [-0.3, -0.25) is 5.32 Å². The lowest BCUT2D eigenvalue weighted by Gasteiger charge is -2.57. The molecule has 1 N–H and O–H groups in total. The van der Waals surface area contributed by atoms with Crippen LogP contribution >= 0.6 is 0 Å². The zero-order valence-electron chi connectivity index (χ0n) is 11.6. The summed E-state index contributed by atoms with van der Waals surface area (Å²) in [5, 5.41) is 3.72. The van der Waals surface area contributed by atoms with Crippen molar-refractivity contribution in [3.05, 3.63) is 0 Å². The molecule has 3 fully saturated rings. The maximum atomic E-state index is 6.63. The molecule has 0 amide bonds. The Hall–Kier alpha value is -0.0800. The summed E-state index contributed by atoms with van der Waals surface area (Å²) in [7, 11) is 0. The molecule has 2 spiro atoms. The zero-order valence-corrected chi connectivity index (χ0v) is 11.6. The second kappa shape index (κ2) is 3.71. The molecule has 0 aromatic rings. The number of hydrogen-bond donors (Lipinski definition) is 1. The minimum absolute atomic E-state index is 0.000162. The van der Waals surface area contributed by atoms with Gasteiger partial charge in [-0.15, -0.1) is 0 Å². The molecule has 1 saturated heterocycles. The van der Waals surface area contributed by atoms with E-state index in [1.54, 1.807) is 0 Å². The van der Waals surface area contributed by atoms with Crippen LogP contribution in [0.3, 0.4) is 0 Å². The topological polar surface area (TPSA) is 21.3 Å². The van der Waals surface area contributed by atoms with E-state index in [9.17, 15) is 0 Å². The summed E-state index contributed by atoms with van der Waals surface area (Å²) in [6.07, 6.45) is 8.92. The van der Waals surface area contributed by atoms with Gasteiger partial charge in [0.1, 0.15) is 5.72 Å². The normalized spacial score (nSPS) is 43.6. The van der Waals surface area contributed by atoms with E-state index in [1.807, 2.05) is 0 Å². The van der Waals surface area contributed by atoms with Crippen LogP contribution in [0, 0.1) is 11.3 Å². The SMILES string of the molecule is CC1CC(C)(C)CC2(C1)NCCC1(CCC1)O2. The molecule has 2 aliphatic carbocycles. The fourth-order valence-corrected chi connectivity index (χ4v) is 4.65. The number of nitrogens with one attached hydrogen (secondary N) is 1. The molecule has 17 heavy (non-hydrogen) atoms. The van der Waals surface area contributed by atoms with Crippen LogP contribution in [0.4, 0.5) is 0 Å². The summed E-state index contributed by atoms with van der Waals surface area (Å²) >= 11 is 0. The molecule has 2 heteroatoms. The Labute approximate surface area is 105 Å². The molecule has 2 nitrogen and oxygen atoms in total.